The van der Waals surface area contributed by atoms with Gasteiger partial charge in [0.15, 0.2) is 9.84 Å². The highest BCUT2D eigenvalue weighted by Gasteiger charge is 2.31. The van der Waals surface area contributed by atoms with Gasteiger partial charge < -0.3 is 5.73 Å². The van der Waals surface area contributed by atoms with E-state index in [1.807, 2.05) is 36.6 Å². The van der Waals surface area contributed by atoms with Gasteiger partial charge in [0, 0.05) is 16.5 Å². The lowest BCUT2D eigenvalue weighted by molar-refractivity contribution is 0.508. The summed E-state index contributed by atoms with van der Waals surface area (Å²) in [7, 11) is -2.95. The van der Waals surface area contributed by atoms with Gasteiger partial charge >= 0.3 is 0 Å². The summed E-state index contributed by atoms with van der Waals surface area (Å²) in [6.07, 6.45) is 2.60. The van der Waals surface area contributed by atoms with E-state index in [0.29, 0.717) is 12.2 Å². The van der Waals surface area contributed by atoms with Crippen molar-refractivity contribution in [3.63, 3.8) is 0 Å². The molecule has 1 fully saturated rings. The van der Waals surface area contributed by atoms with Crippen LogP contribution in [-0.2, 0) is 9.84 Å². The van der Waals surface area contributed by atoms with Crippen LogP contribution in [0.5, 0.6) is 0 Å². The van der Waals surface area contributed by atoms with Crippen molar-refractivity contribution >= 4 is 27.4 Å². The minimum atomic E-state index is -2.95. The maximum absolute atomic E-state index is 11.6. The number of hydrogen-bond donors (Lipinski definition) is 1. The first-order valence-corrected chi connectivity index (χ1v) is 9.73. The second kappa shape index (κ2) is 5.38. The maximum atomic E-state index is 11.6. The van der Waals surface area contributed by atoms with E-state index in [2.05, 4.69) is 5.10 Å². The quantitative estimate of drug-likeness (QED) is 0.876. The summed E-state index contributed by atoms with van der Waals surface area (Å²) in [5, 5.41) is 4.55. The van der Waals surface area contributed by atoms with Crippen LogP contribution in [0.15, 0.2) is 35.2 Å². The van der Waals surface area contributed by atoms with Gasteiger partial charge in [-0.15, -0.1) is 11.8 Å². The number of rotatable bonds is 3. The minimum absolute atomic E-state index is 0.127. The Labute approximate surface area is 128 Å². The van der Waals surface area contributed by atoms with E-state index >= 15 is 0 Å². The van der Waals surface area contributed by atoms with Crippen LogP contribution in [0.2, 0.25) is 0 Å². The Balaban J connectivity index is 1.99. The fourth-order valence-corrected chi connectivity index (χ4v) is 4.96. The molecule has 2 heterocycles. The number of nitrogen functional groups attached to an aromatic ring is 1. The highest BCUT2D eigenvalue weighted by atomic mass is 32.2. The average Bonchev–Trinajstić information content (AvgIpc) is 3.01. The van der Waals surface area contributed by atoms with E-state index in [-0.39, 0.29) is 17.5 Å². The highest BCUT2D eigenvalue weighted by molar-refractivity contribution is 7.98. The standard InChI is InChI=1S/C14H17N3O2S2/c1-20-13-5-3-2-4-11(13)12-8-14(15)17(16-12)10-6-7-21(18,19)9-10/h2-5,8,10H,6-7,9,15H2,1H3. The molecule has 1 saturated heterocycles. The minimum Gasteiger partial charge on any atom is -0.384 e. The molecule has 0 bridgehead atoms. The van der Waals surface area contributed by atoms with Gasteiger partial charge in [0.25, 0.3) is 0 Å². The van der Waals surface area contributed by atoms with Crippen molar-refractivity contribution in [2.75, 3.05) is 23.5 Å². The van der Waals surface area contributed by atoms with E-state index in [9.17, 15) is 8.42 Å². The molecule has 0 aliphatic carbocycles. The van der Waals surface area contributed by atoms with Gasteiger partial charge in [-0.2, -0.15) is 5.10 Å². The second-order valence-corrected chi connectivity index (χ2v) is 8.23. The van der Waals surface area contributed by atoms with Crippen molar-refractivity contribution in [2.45, 2.75) is 17.4 Å². The zero-order valence-electron chi connectivity index (χ0n) is 11.7. The van der Waals surface area contributed by atoms with Crippen molar-refractivity contribution < 1.29 is 8.42 Å². The largest absolute Gasteiger partial charge is 0.384 e. The summed E-state index contributed by atoms with van der Waals surface area (Å²) in [6.45, 7) is 0. The van der Waals surface area contributed by atoms with Crippen molar-refractivity contribution in [3.05, 3.63) is 30.3 Å². The molecule has 2 N–H and O–H groups in total. The van der Waals surface area contributed by atoms with Crippen LogP contribution in [0.3, 0.4) is 0 Å². The van der Waals surface area contributed by atoms with Crippen LogP contribution in [-0.4, -0.2) is 36.0 Å². The average molecular weight is 323 g/mol. The molecule has 3 rings (SSSR count). The van der Waals surface area contributed by atoms with E-state index in [1.54, 1.807) is 16.4 Å². The normalized spacial score (nSPS) is 20.7. The number of aromatic nitrogens is 2. The van der Waals surface area contributed by atoms with E-state index < -0.39 is 9.84 Å². The molecule has 1 aromatic heterocycles. The Morgan fingerprint density at radius 1 is 1.38 bits per heavy atom. The molecule has 0 saturated carbocycles. The van der Waals surface area contributed by atoms with Gasteiger partial charge in [0.2, 0.25) is 0 Å². The summed E-state index contributed by atoms with van der Waals surface area (Å²) in [6, 6.07) is 9.66. The summed E-state index contributed by atoms with van der Waals surface area (Å²) in [4.78, 5) is 1.13. The molecule has 0 spiro atoms. The summed E-state index contributed by atoms with van der Waals surface area (Å²) in [5.74, 6) is 0.860. The van der Waals surface area contributed by atoms with Gasteiger partial charge in [0.05, 0.1) is 23.2 Å². The smallest absolute Gasteiger partial charge is 0.152 e. The monoisotopic (exact) mass is 323 g/mol. The third-order valence-corrected chi connectivity index (χ3v) is 6.25. The molecule has 21 heavy (non-hydrogen) atoms. The number of sulfone groups is 1. The van der Waals surface area contributed by atoms with Gasteiger partial charge in [-0.1, -0.05) is 18.2 Å². The van der Waals surface area contributed by atoms with Crippen molar-refractivity contribution in [2.24, 2.45) is 0 Å². The molecule has 112 valence electrons. The third kappa shape index (κ3) is 2.80. The van der Waals surface area contributed by atoms with Crippen molar-refractivity contribution in [1.82, 2.24) is 9.78 Å². The van der Waals surface area contributed by atoms with Gasteiger partial charge in [-0.25, -0.2) is 13.1 Å². The van der Waals surface area contributed by atoms with Crippen LogP contribution < -0.4 is 5.73 Å². The molecular formula is C14H17N3O2S2. The Morgan fingerprint density at radius 3 is 2.81 bits per heavy atom. The summed E-state index contributed by atoms with van der Waals surface area (Å²) >= 11 is 1.65. The molecule has 1 unspecified atom stereocenters. The van der Waals surface area contributed by atoms with E-state index in [4.69, 9.17) is 5.73 Å². The van der Waals surface area contributed by atoms with Crippen molar-refractivity contribution in [3.8, 4) is 11.3 Å². The van der Waals surface area contributed by atoms with Crippen LogP contribution in [0.4, 0.5) is 5.82 Å². The fourth-order valence-electron chi connectivity index (χ4n) is 2.66. The number of nitrogens with zero attached hydrogens (tertiary/aromatic N) is 2. The molecular weight excluding hydrogens is 306 g/mol. The molecule has 5 nitrogen and oxygen atoms in total. The number of benzene rings is 1. The number of thioether (sulfide) groups is 1. The van der Waals surface area contributed by atoms with Crippen molar-refractivity contribution in [1.29, 1.82) is 0 Å². The van der Waals surface area contributed by atoms with Crippen LogP contribution >= 0.6 is 11.8 Å². The Hall–Kier alpha value is -1.47. The summed E-state index contributed by atoms with van der Waals surface area (Å²) in [5.41, 5.74) is 7.86. The molecule has 2 aromatic rings. The fraction of sp³-hybridized carbons (Fsp3) is 0.357. The summed E-state index contributed by atoms with van der Waals surface area (Å²) < 4.78 is 24.9. The topological polar surface area (TPSA) is 78.0 Å². The van der Waals surface area contributed by atoms with Gasteiger partial charge in [0.1, 0.15) is 5.82 Å². The Kier molecular flexibility index (Phi) is 3.71. The van der Waals surface area contributed by atoms with E-state index in [1.165, 1.54) is 0 Å². The van der Waals surface area contributed by atoms with Gasteiger partial charge in [-0.05, 0) is 18.7 Å². The molecule has 1 atom stereocenters. The van der Waals surface area contributed by atoms with Gasteiger partial charge in [-0.3, -0.25) is 0 Å². The molecule has 1 aromatic carbocycles. The Bertz CT molecular complexity index is 768. The lowest BCUT2D eigenvalue weighted by atomic mass is 10.1. The predicted octanol–water partition coefficient (Wildman–Crippen LogP) is 2.21. The number of hydrogen-bond acceptors (Lipinski definition) is 5. The molecule has 7 heteroatoms. The Morgan fingerprint density at radius 2 is 2.14 bits per heavy atom. The number of nitrogens with two attached hydrogens (primary N) is 1. The first-order valence-electron chi connectivity index (χ1n) is 6.69. The highest BCUT2D eigenvalue weighted by Crippen LogP contribution is 2.32. The third-order valence-electron chi connectivity index (χ3n) is 3.70. The first kappa shape index (κ1) is 14.5. The van der Waals surface area contributed by atoms with E-state index in [0.717, 1.165) is 16.2 Å². The second-order valence-electron chi connectivity index (χ2n) is 5.16. The number of anilines is 1. The molecule has 0 radical (unpaired) electrons. The zero-order chi connectivity index (χ0) is 15.0. The lowest BCUT2D eigenvalue weighted by Gasteiger charge is -2.10. The zero-order valence-corrected chi connectivity index (χ0v) is 13.3. The van der Waals surface area contributed by atoms with Crippen LogP contribution in [0.25, 0.3) is 11.3 Å². The maximum Gasteiger partial charge on any atom is 0.152 e. The lowest BCUT2D eigenvalue weighted by Crippen LogP contribution is -2.14. The molecule has 1 aliphatic heterocycles. The van der Waals surface area contributed by atoms with Crippen LogP contribution in [0.1, 0.15) is 12.5 Å². The first-order chi connectivity index (χ1) is 10.00. The predicted molar refractivity (Wildman–Crippen MR) is 86.2 cm³/mol. The SMILES string of the molecule is CSc1ccccc1-c1cc(N)n(C2CCS(=O)(=O)C2)n1. The molecule has 0 amide bonds. The molecule has 1 aliphatic rings. The van der Waals surface area contributed by atoms with Crippen LogP contribution in [0, 0.1) is 0 Å².